The highest BCUT2D eigenvalue weighted by Gasteiger charge is 2.37. The summed E-state index contributed by atoms with van der Waals surface area (Å²) in [6.07, 6.45) is 0. The Balaban J connectivity index is 1.29. The van der Waals surface area contributed by atoms with Gasteiger partial charge in [0.15, 0.2) is 0 Å². The monoisotopic (exact) mass is 702 g/mol. The van der Waals surface area contributed by atoms with Crippen LogP contribution in [0, 0.1) is 45.3 Å². The average molecular weight is 703 g/mol. The first-order valence-corrected chi connectivity index (χ1v) is 17.9. The second-order valence-electron chi connectivity index (χ2n) is 14.3. The van der Waals surface area contributed by atoms with E-state index in [4.69, 9.17) is 0 Å². The van der Waals surface area contributed by atoms with Gasteiger partial charge in [0.05, 0.1) is 44.7 Å². The molecular weight excluding hydrogens is 673 g/mol. The maximum atomic E-state index is 9.78. The Labute approximate surface area is 318 Å². The lowest BCUT2D eigenvalue weighted by molar-refractivity contribution is 0.631. The van der Waals surface area contributed by atoms with Crippen LogP contribution in [0.15, 0.2) is 146 Å². The second kappa shape index (κ2) is 12.6. The number of benzene rings is 7. The van der Waals surface area contributed by atoms with Crippen LogP contribution in [0.4, 0.5) is 17.1 Å². The van der Waals surface area contributed by atoms with E-state index in [-0.39, 0.29) is 5.41 Å². The maximum absolute atomic E-state index is 9.78. The molecule has 0 fully saturated rings. The van der Waals surface area contributed by atoms with Crippen LogP contribution in [0.25, 0.3) is 49.7 Å². The van der Waals surface area contributed by atoms with Crippen LogP contribution in [0.2, 0.25) is 0 Å². The molecule has 8 aromatic rings. The molecule has 2 heterocycles. The third-order valence-corrected chi connectivity index (χ3v) is 10.9. The van der Waals surface area contributed by atoms with E-state index in [0.717, 1.165) is 61.1 Å². The van der Waals surface area contributed by atoms with Crippen LogP contribution in [0.5, 0.6) is 0 Å². The summed E-state index contributed by atoms with van der Waals surface area (Å²) in [6.45, 7) is 4.59. The molecule has 0 saturated carbocycles. The van der Waals surface area contributed by atoms with Gasteiger partial charge >= 0.3 is 0 Å². The van der Waals surface area contributed by atoms with E-state index in [1.165, 1.54) is 16.8 Å². The third kappa shape index (κ3) is 5.14. The minimum absolute atomic E-state index is 0.297. The van der Waals surface area contributed by atoms with Gasteiger partial charge in [-0.1, -0.05) is 74.5 Å². The number of aromatic nitrogens is 1. The first-order chi connectivity index (χ1) is 26.8. The number of rotatable bonds is 4. The summed E-state index contributed by atoms with van der Waals surface area (Å²) in [6, 6.07) is 57.8. The van der Waals surface area contributed by atoms with Crippen LogP contribution < -0.4 is 4.90 Å². The number of hydrogen-bond donors (Lipinski definition) is 0. The molecular formula is C49H30N6. The number of nitriles is 4. The van der Waals surface area contributed by atoms with Gasteiger partial charge in [0.1, 0.15) is 24.3 Å². The normalized spacial score (nSPS) is 12.6. The zero-order valence-electron chi connectivity index (χ0n) is 30.0. The minimum atomic E-state index is -0.297. The van der Waals surface area contributed by atoms with E-state index < -0.39 is 0 Å². The fourth-order valence-corrected chi connectivity index (χ4v) is 8.17. The molecule has 0 N–H and O–H groups in total. The van der Waals surface area contributed by atoms with Crippen molar-refractivity contribution in [1.29, 1.82) is 21.0 Å². The highest BCUT2D eigenvalue weighted by Crippen LogP contribution is 2.52. The van der Waals surface area contributed by atoms with Gasteiger partial charge in [-0.2, -0.15) is 21.0 Å². The van der Waals surface area contributed by atoms with E-state index in [1.54, 1.807) is 24.3 Å². The molecule has 0 amide bonds. The molecule has 0 unspecified atom stereocenters. The summed E-state index contributed by atoms with van der Waals surface area (Å²) >= 11 is 0. The van der Waals surface area contributed by atoms with Crippen molar-refractivity contribution in [3.63, 3.8) is 0 Å². The Bertz CT molecular complexity index is 2930. The molecule has 0 atom stereocenters. The molecule has 55 heavy (non-hydrogen) atoms. The van der Waals surface area contributed by atoms with Gasteiger partial charge < -0.3 is 9.47 Å². The predicted molar refractivity (Wildman–Crippen MR) is 217 cm³/mol. The van der Waals surface area contributed by atoms with Crippen molar-refractivity contribution in [2.75, 3.05) is 4.90 Å². The van der Waals surface area contributed by atoms with Gasteiger partial charge in [0, 0.05) is 27.6 Å². The minimum Gasteiger partial charge on any atom is -0.310 e. The van der Waals surface area contributed by atoms with Gasteiger partial charge in [0.25, 0.3) is 0 Å². The molecule has 1 aliphatic rings. The Hall–Kier alpha value is -7.90. The van der Waals surface area contributed by atoms with Crippen molar-refractivity contribution in [3.8, 4) is 52.2 Å². The van der Waals surface area contributed by atoms with Crippen molar-refractivity contribution in [2.24, 2.45) is 0 Å². The fraction of sp³-hybridized carbons (Fsp3) is 0.0612. The zero-order valence-corrected chi connectivity index (χ0v) is 30.0. The standard InChI is InChI=1S/C49H30N6/c1-49(2)43-10-6-7-11-47(43)54(39-8-4-3-5-9-39)48-21-18-40(26-44(48)49)55-45-19-16-33(31-12-14-35(27-50)37(22-31)29-52)24-41(45)42-25-34(17-20-46(42)55)32-13-15-36(28-51)38(23-32)30-53/h3-26H,1-2H3. The van der Waals surface area contributed by atoms with Crippen LogP contribution in [0.3, 0.4) is 0 Å². The maximum Gasteiger partial charge on any atom is 0.101 e. The topological polar surface area (TPSA) is 103 Å². The van der Waals surface area contributed by atoms with E-state index in [1.807, 2.05) is 18.2 Å². The van der Waals surface area contributed by atoms with Gasteiger partial charge in [-0.3, -0.25) is 0 Å². The van der Waals surface area contributed by atoms with Crippen LogP contribution in [-0.4, -0.2) is 4.57 Å². The number of fused-ring (bicyclic) bond motifs is 5. The molecule has 256 valence electrons. The SMILES string of the molecule is CC1(C)c2ccccc2N(c2ccccc2)c2ccc(-n3c4ccc(-c5ccc(C#N)c(C#N)c5)cc4c4cc(-c5ccc(C#N)c(C#N)c5)ccc43)cc21. The summed E-state index contributed by atoms with van der Waals surface area (Å²) in [4.78, 5) is 2.35. The highest BCUT2D eigenvalue weighted by molar-refractivity contribution is 6.12. The largest absolute Gasteiger partial charge is 0.310 e. The van der Waals surface area contributed by atoms with Crippen molar-refractivity contribution in [3.05, 3.63) is 179 Å². The lowest BCUT2D eigenvalue weighted by Gasteiger charge is -2.42. The summed E-state index contributed by atoms with van der Waals surface area (Å²) in [5, 5.41) is 40.7. The van der Waals surface area contributed by atoms with Gasteiger partial charge in [-0.05, 0) is 118 Å². The van der Waals surface area contributed by atoms with E-state index in [9.17, 15) is 21.0 Å². The number of nitrogens with zero attached hydrogens (tertiary/aromatic N) is 6. The Morgan fingerprint density at radius 2 is 0.909 bits per heavy atom. The third-order valence-electron chi connectivity index (χ3n) is 10.9. The molecule has 0 aliphatic carbocycles. The number of anilines is 3. The van der Waals surface area contributed by atoms with Crippen molar-refractivity contribution in [2.45, 2.75) is 19.3 Å². The van der Waals surface area contributed by atoms with Crippen LogP contribution >= 0.6 is 0 Å². The van der Waals surface area contributed by atoms with Crippen LogP contribution in [-0.2, 0) is 5.41 Å². The van der Waals surface area contributed by atoms with Gasteiger partial charge in [-0.25, -0.2) is 0 Å². The lowest BCUT2D eigenvalue weighted by atomic mass is 9.73. The molecule has 0 spiro atoms. The lowest BCUT2D eigenvalue weighted by Crippen LogP contribution is -2.30. The Morgan fingerprint density at radius 3 is 1.47 bits per heavy atom. The predicted octanol–water partition coefficient (Wildman–Crippen LogP) is 11.7. The summed E-state index contributed by atoms with van der Waals surface area (Å²) in [5.41, 5.74) is 13.5. The summed E-state index contributed by atoms with van der Waals surface area (Å²) < 4.78 is 2.31. The molecule has 6 heteroatoms. The van der Waals surface area contributed by atoms with Crippen molar-refractivity contribution in [1.82, 2.24) is 4.57 Å². The van der Waals surface area contributed by atoms with Gasteiger partial charge in [-0.15, -0.1) is 0 Å². The molecule has 1 aliphatic heterocycles. The Morgan fingerprint density at radius 1 is 0.418 bits per heavy atom. The molecule has 0 saturated heterocycles. The van der Waals surface area contributed by atoms with Crippen LogP contribution in [0.1, 0.15) is 47.2 Å². The highest BCUT2D eigenvalue weighted by atomic mass is 15.2. The zero-order chi connectivity index (χ0) is 37.8. The summed E-state index contributed by atoms with van der Waals surface area (Å²) in [5.74, 6) is 0. The van der Waals surface area contributed by atoms with E-state index in [0.29, 0.717) is 22.3 Å². The quantitative estimate of drug-likeness (QED) is 0.182. The molecule has 9 rings (SSSR count). The molecule has 0 radical (unpaired) electrons. The average Bonchev–Trinajstić information content (AvgIpc) is 3.56. The number of para-hydroxylation sites is 2. The first-order valence-electron chi connectivity index (χ1n) is 17.9. The molecule has 0 bridgehead atoms. The first kappa shape index (κ1) is 33.0. The van der Waals surface area contributed by atoms with Gasteiger partial charge in [0.2, 0.25) is 0 Å². The fourth-order valence-electron chi connectivity index (χ4n) is 8.17. The number of hydrogen-bond acceptors (Lipinski definition) is 5. The Kier molecular flexibility index (Phi) is 7.58. The van der Waals surface area contributed by atoms with Crippen molar-refractivity contribution >= 4 is 38.9 Å². The van der Waals surface area contributed by atoms with E-state index in [2.05, 4.69) is 151 Å². The van der Waals surface area contributed by atoms with Crippen molar-refractivity contribution < 1.29 is 0 Å². The molecule has 1 aromatic heterocycles. The molecule has 6 nitrogen and oxygen atoms in total. The smallest absolute Gasteiger partial charge is 0.101 e. The summed E-state index contributed by atoms with van der Waals surface area (Å²) in [7, 11) is 0. The second-order valence-corrected chi connectivity index (χ2v) is 14.3. The van der Waals surface area contributed by atoms with E-state index >= 15 is 0 Å². The molecule has 7 aromatic carbocycles.